The lowest BCUT2D eigenvalue weighted by molar-refractivity contribution is -0.137. The van der Waals surface area contributed by atoms with Gasteiger partial charge in [0.15, 0.2) is 5.78 Å². The minimum Gasteiger partial charge on any atom is -0.481 e. The molecule has 4 heteroatoms. The largest absolute Gasteiger partial charge is 0.481 e. The van der Waals surface area contributed by atoms with Crippen molar-refractivity contribution >= 4 is 11.8 Å². The predicted molar refractivity (Wildman–Crippen MR) is 86.9 cm³/mol. The summed E-state index contributed by atoms with van der Waals surface area (Å²) in [5.74, 6) is -0.858. The number of carboxylic acids is 1. The molecule has 2 atom stereocenters. The molecular weight excluding hydrogens is 280 g/mol. The second kappa shape index (κ2) is 11.4. The molecule has 1 heterocycles. The molecule has 0 bridgehead atoms. The van der Waals surface area contributed by atoms with Crippen molar-refractivity contribution in [3.63, 3.8) is 0 Å². The number of carbonyl (C=O) groups excluding carboxylic acids is 1. The van der Waals surface area contributed by atoms with Crippen molar-refractivity contribution in [2.24, 2.45) is 0 Å². The lowest BCUT2D eigenvalue weighted by Crippen LogP contribution is -1.99. The summed E-state index contributed by atoms with van der Waals surface area (Å²) in [7, 11) is 0. The Bertz CT molecular complexity index is 362. The molecule has 0 radical (unpaired) electrons. The molecule has 1 aliphatic rings. The van der Waals surface area contributed by atoms with Gasteiger partial charge in [0.2, 0.25) is 0 Å². The summed E-state index contributed by atoms with van der Waals surface area (Å²) < 4.78 is 5.52. The molecule has 22 heavy (non-hydrogen) atoms. The molecule has 1 fully saturated rings. The van der Waals surface area contributed by atoms with E-state index in [1.807, 2.05) is 6.08 Å². The zero-order valence-electron chi connectivity index (χ0n) is 13.8. The Morgan fingerprint density at radius 1 is 1.00 bits per heavy atom. The van der Waals surface area contributed by atoms with Crippen molar-refractivity contribution in [1.29, 1.82) is 0 Å². The number of allylic oxidation sites excluding steroid dienone is 1. The third kappa shape index (κ3) is 9.72. The smallest absolute Gasteiger partial charge is 0.303 e. The summed E-state index contributed by atoms with van der Waals surface area (Å²) in [6.07, 6.45) is 14.7. The predicted octanol–water partition coefficient (Wildman–Crippen LogP) is 4.27. The first-order valence-corrected chi connectivity index (χ1v) is 8.71. The van der Waals surface area contributed by atoms with Gasteiger partial charge in [-0.25, -0.2) is 0 Å². The van der Waals surface area contributed by atoms with Crippen LogP contribution in [0.2, 0.25) is 0 Å². The van der Waals surface area contributed by atoms with Gasteiger partial charge in [-0.1, -0.05) is 51.9 Å². The lowest BCUT2D eigenvalue weighted by Gasteiger charge is -1.99. The molecule has 4 nitrogen and oxygen atoms in total. The van der Waals surface area contributed by atoms with Gasteiger partial charge < -0.3 is 9.84 Å². The number of epoxide rings is 1. The van der Waals surface area contributed by atoms with Crippen LogP contribution in [0, 0.1) is 0 Å². The number of rotatable bonds is 14. The van der Waals surface area contributed by atoms with Crippen LogP contribution in [0.5, 0.6) is 0 Å². The van der Waals surface area contributed by atoms with Crippen molar-refractivity contribution in [2.45, 2.75) is 89.8 Å². The number of unbranched alkanes of at least 4 members (excludes halogenated alkanes) is 6. The molecule has 1 N–H and O–H groups in total. The van der Waals surface area contributed by atoms with Crippen molar-refractivity contribution in [1.82, 2.24) is 0 Å². The van der Waals surface area contributed by atoms with Gasteiger partial charge in [0.05, 0.1) is 6.10 Å². The number of hydrogen-bond acceptors (Lipinski definition) is 3. The summed E-state index contributed by atoms with van der Waals surface area (Å²) in [5, 5.41) is 8.50. The summed E-state index contributed by atoms with van der Waals surface area (Å²) in [6, 6.07) is 0. The lowest BCUT2D eigenvalue weighted by atomic mass is 10.1. The van der Waals surface area contributed by atoms with E-state index in [1.54, 1.807) is 6.08 Å². The van der Waals surface area contributed by atoms with Crippen LogP contribution < -0.4 is 0 Å². The van der Waals surface area contributed by atoms with Gasteiger partial charge in [-0.3, -0.25) is 9.59 Å². The molecule has 0 amide bonds. The van der Waals surface area contributed by atoms with E-state index in [0.29, 0.717) is 18.9 Å². The zero-order valence-corrected chi connectivity index (χ0v) is 13.8. The highest BCUT2D eigenvalue weighted by atomic mass is 16.6. The molecule has 0 aromatic rings. The number of ketones is 1. The first-order chi connectivity index (χ1) is 10.6. The summed E-state index contributed by atoms with van der Waals surface area (Å²) in [6.45, 7) is 2.23. The summed E-state index contributed by atoms with van der Waals surface area (Å²) in [4.78, 5) is 21.9. The van der Waals surface area contributed by atoms with Gasteiger partial charge in [0.25, 0.3) is 0 Å². The molecule has 0 aromatic carbocycles. The molecule has 2 unspecified atom stereocenters. The molecule has 1 saturated heterocycles. The Balaban J connectivity index is 1.95. The van der Waals surface area contributed by atoms with E-state index < -0.39 is 5.97 Å². The van der Waals surface area contributed by atoms with Crippen LogP contribution in [0.25, 0.3) is 0 Å². The third-order valence-electron chi connectivity index (χ3n) is 4.00. The van der Waals surface area contributed by atoms with Crippen molar-refractivity contribution in [2.75, 3.05) is 0 Å². The number of ether oxygens (including phenoxy) is 1. The van der Waals surface area contributed by atoms with Crippen LogP contribution in [0.4, 0.5) is 0 Å². The van der Waals surface area contributed by atoms with Crippen molar-refractivity contribution in [3.8, 4) is 0 Å². The van der Waals surface area contributed by atoms with E-state index in [9.17, 15) is 9.59 Å². The number of carbonyl (C=O) groups is 2. The second-order valence-electron chi connectivity index (χ2n) is 6.12. The van der Waals surface area contributed by atoms with E-state index in [2.05, 4.69) is 6.92 Å². The van der Waals surface area contributed by atoms with E-state index in [0.717, 1.165) is 6.42 Å². The molecule has 0 spiro atoms. The highest BCUT2D eigenvalue weighted by Gasteiger charge is 2.35. The SMILES string of the molecule is CCCCCCCCCC1OC1/C=C/C(=O)CCCC(=O)O. The molecule has 1 aliphatic heterocycles. The van der Waals surface area contributed by atoms with Gasteiger partial charge >= 0.3 is 5.97 Å². The Morgan fingerprint density at radius 2 is 1.68 bits per heavy atom. The Kier molecular flexibility index (Phi) is 9.80. The van der Waals surface area contributed by atoms with Gasteiger partial charge in [0.1, 0.15) is 6.10 Å². The normalized spacial score (nSPS) is 20.4. The minimum absolute atomic E-state index is 0.00794. The monoisotopic (exact) mass is 310 g/mol. The third-order valence-corrected chi connectivity index (χ3v) is 4.00. The van der Waals surface area contributed by atoms with E-state index in [1.165, 1.54) is 44.9 Å². The van der Waals surface area contributed by atoms with Crippen molar-refractivity contribution < 1.29 is 19.4 Å². The number of hydrogen-bond donors (Lipinski definition) is 1. The quantitative estimate of drug-likeness (QED) is 0.295. The maximum absolute atomic E-state index is 11.5. The molecule has 126 valence electrons. The Morgan fingerprint density at radius 3 is 2.36 bits per heavy atom. The Hall–Kier alpha value is -1.16. The first-order valence-electron chi connectivity index (χ1n) is 8.71. The molecular formula is C18H30O4. The average molecular weight is 310 g/mol. The van der Waals surface area contributed by atoms with E-state index in [4.69, 9.17) is 9.84 Å². The summed E-state index contributed by atoms with van der Waals surface area (Å²) >= 11 is 0. The maximum Gasteiger partial charge on any atom is 0.303 e. The van der Waals surface area contributed by atoms with Gasteiger partial charge in [-0.05, 0) is 25.0 Å². The molecule has 0 aromatic heterocycles. The number of carboxylic acid groups (broad SMARTS) is 1. The average Bonchev–Trinajstić information content (AvgIpc) is 3.22. The fraction of sp³-hybridized carbons (Fsp3) is 0.778. The zero-order chi connectivity index (χ0) is 16.2. The Labute approximate surface area is 133 Å². The van der Waals surface area contributed by atoms with E-state index in [-0.39, 0.29) is 18.3 Å². The standard InChI is InChI=1S/C18H30O4/c1-2-3-4-5-6-7-8-11-16-17(22-16)14-13-15(19)10-9-12-18(20)21/h13-14,16-17H,2-12H2,1H3,(H,20,21)/b14-13+. The highest BCUT2D eigenvalue weighted by Crippen LogP contribution is 2.28. The van der Waals surface area contributed by atoms with Crippen LogP contribution in [0.15, 0.2) is 12.2 Å². The number of aliphatic carboxylic acids is 1. The fourth-order valence-corrected chi connectivity index (χ4v) is 2.56. The summed E-state index contributed by atoms with van der Waals surface area (Å²) in [5.41, 5.74) is 0. The van der Waals surface area contributed by atoms with Crippen molar-refractivity contribution in [3.05, 3.63) is 12.2 Å². The van der Waals surface area contributed by atoms with E-state index >= 15 is 0 Å². The topological polar surface area (TPSA) is 66.9 Å². The van der Waals surface area contributed by atoms with Gasteiger partial charge in [-0.15, -0.1) is 0 Å². The van der Waals surface area contributed by atoms with Gasteiger partial charge in [-0.2, -0.15) is 0 Å². The van der Waals surface area contributed by atoms with Gasteiger partial charge in [0, 0.05) is 12.8 Å². The van der Waals surface area contributed by atoms with Crippen LogP contribution in [0.3, 0.4) is 0 Å². The minimum atomic E-state index is -0.850. The van der Waals surface area contributed by atoms with Crippen LogP contribution >= 0.6 is 0 Å². The fourth-order valence-electron chi connectivity index (χ4n) is 2.56. The molecule has 0 saturated carbocycles. The van der Waals surface area contributed by atoms with Crippen LogP contribution in [-0.2, 0) is 14.3 Å². The first kappa shape index (κ1) is 18.9. The van der Waals surface area contributed by atoms with Crippen LogP contribution in [0.1, 0.15) is 77.6 Å². The maximum atomic E-state index is 11.5. The second-order valence-corrected chi connectivity index (χ2v) is 6.12. The molecule has 0 aliphatic carbocycles. The van der Waals surface area contributed by atoms with Crippen LogP contribution in [-0.4, -0.2) is 29.1 Å². The highest BCUT2D eigenvalue weighted by molar-refractivity contribution is 5.89. The molecule has 1 rings (SSSR count).